The molecule has 0 atom stereocenters. The van der Waals surface area contributed by atoms with Crippen molar-refractivity contribution in [2.45, 2.75) is 18.4 Å². The molecule has 0 saturated carbocycles. The molecule has 1 heterocycles. The molecule has 2 rings (SSSR count). The number of nitro benzene ring substituents is 1. The maximum absolute atomic E-state index is 12.2. The summed E-state index contributed by atoms with van der Waals surface area (Å²) in [7, 11) is -3.88. The lowest BCUT2D eigenvalue weighted by Crippen LogP contribution is -2.25. The molecular weight excluding hydrogens is 296 g/mol. The number of aryl methyl sites for hydroxylation is 1. The first-order valence-electron chi connectivity index (χ1n) is 5.91. The minimum absolute atomic E-state index is 0.0920. The van der Waals surface area contributed by atoms with Crippen molar-refractivity contribution in [3.05, 3.63) is 58.2 Å². The molecule has 21 heavy (non-hydrogen) atoms. The molecule has 0 aliphatic rings. The summed E-state index contributed by atoms with van der Waals surface area (Å²) in [6.45, 7) is 1.47. The summed E-state index contributed by atoms with van der Waals surface area (Å²) in [4.78, 5) is 17.8. The second kappa shape index (κ2) is 5.94. The first-order valence-corrected chi connectivity index (χ1v) is 7.39. The largest absolute Gasteiger partial charge is 0.270 e. The van der Waals surface area contributed by atoms with Crippen molar-refractivity contribution in [1.82, 2.24) is 14.7 Å². The molecule has 0 bridgehead atoms. The highest BCUT2D eigenvalue weighted by Crippen LogP contribution is 2.21. The van der Waals surface area contributed by atoms with Gasteiger partial charge < -0.3 is 0 Å². The molecule has 0 unspecified atom stereocenters. The monoisotopic (exact) mass is 308 g/mol. The highest BCUT2D eigenvalue weighted by atomic mass is 32.2. The molecule has 1 aromatic heterocycles. The van der Waals surface area contributed by atoms with E-state index in [4.69, 9.17) is 0 Å². The quantitative estimate of drug-likeness (QED) is 0.655. The zero-order valence-electron chi connectivity index (χ0n) is 11.1. The Bertz CT molecular complexity index is 762. The van der Waals surface area contributed by atoms with E-state index in [-0.39, 0.29) is 17.1 Å². The normalized spacial score (nSPS) is 11.3. The van der Waals surface area contributed by atoms with Crippen LogP contribution in [0.3, 0.4) is 0 Å². The van der Waals surface area contributed by atoms with Gasteiger partial charge in [-0.25, -0.2) is 23.1 Å². The van der Waals surface area contributed by atoms with E-state index < -0.39 is 14.9 Å². The van der Waals surface area contributed by atoms with Crippen LogP contribution in [0.15, 0.2) is 41.6 Å². The number of hydrogen-bond acceptors (Lipinski definition) is 6. The SMILES string of the molecule is Cc1ccc([N+](=O)[O-])cc1S(=O)(=O)NCc1ncccn1. The van der Waals surface area contributed by atoms with Crippen molar-refractivity contribution in [3.8, 4) is 0 Å². The van der Waals surface area contributed by atoms with Gasteiger partial charge in [-0.2, -0.15) is 0 Å². The van der Waals surface area contributed by atoms with E-state index in [0.29, 0.717) is 11.4 Å². The Morgan fingerprint density at radius 1 is 1.29 bits per heavy atom. The Hall–Kier alpha value is -2.39. The zero-order chi connectivity index (χ0) is 15.5. The number of aromatic nitrogens is 2. The lowest BCUT2D eigenvalue weighted by atomic mass is 10.2. The molecule has 0 aliphatic carbocycles. The Labute approximate surface area is 121 Å². The maximum Gasteiger partial charge on any atom is 0.270 e. The third-order valence-corrected chi connectivity index (χ3v) is 4.25. The van der Waals surface area contributed by atoms with Gasteiger partial charge in [-0.3, -0.25) is 10.1 Å². The average Bonchev–Trinajstić information content (AvgIpc) is 2.46. The van der Waals surface area contributed by atoms with Gasteiger partial charge in [-0.1, -0.05) is 6.07 Å². The number of hydrogen-bond donors (Lipinski definition) is 1. The molecule has 0 amide bonds. The van der Waals surface area contributed by atoms with Crippen molar-refractivity contribution < 1.29 is 13.3 Å². The van der Waals surface area contributed by atoms with E-state index in [1.807, 2.05) is 0 Å². The third kappa shape index (κ3) is 3.58. The molecule has 0 saturated heterocycles. The number of nitro groups is 1. The van der Waals surface area contributed by atoms with Gasteiger partial charge in [-0.05, 0) is 18.6 Å². The molecule has 9 heteroatoms. The van der Waals surface area contributed by atoms with Crippen LogP contribution in [0.25, 0.3) is 0 Å². The van der Waals surface area contributed by atoms with Gasteiger partial charge >= 0.3 is 0 Å². The van der Waals surface area contributed by atoms with Crippen LogP contribution in [0.4, 0.5) is 5.69 Å². The highest BCUT2D eigenvalue weighted by molar-refractivity contribution is 7.89. The molecule has 0 fully saturated rings. The summed E-state index contributed by atoms with van der Waals surface area (Å²) >= 11 is 0. The standard InChI is InChI=1S/C12H12N4O4S/c1-9-3-4-10(16(17)18)7-11(9)21(19,20)15-8-12-13-5-2-6-14-12/h2-7,15H,8H2,1H3. The Kier molecular flexibility index (Phi) is 4.24. The van der Waals surface area contributed by atoms with Gasteiger partial charge in [0.2, 0.25) is 10.0 Å². The lowest BCUT2D eigenvalue weighted by molar-refractivity contribution is -0.385. The van der Waals surface area contributed by atoms with E-state index in [1.165, 1.54) is 24.5 Å². The highest BCUT2D eigenvalue weighted by Gasteiger charge is 2.20. The summed E-state index contributed by atoms with van der Waals surface area (Å²) < 4.78 is 26.7. The smallest absolute Gasteiger partial charge is 0.258 e. The lowest BCUT2D eigenvalue weighted by Gasteiger charge is -2.08. The molecular formula is C12H12N4O4S. The van der Waals surface area contributed by atoms with Gasteiger partial charge in [-0.15, -0.1) is 0 Å². The van der Waals surface area contributed by atoms with Gasteiger partial charge in [0.25, 0.3) is 5.69 Å². The second-order valence-corrected chi connectivity index (χ2v) is 5.93. The van der Waals surface area contributed by atoms with Crippen LogP contribution >= 0.6 is 0 Å². The van der Waals surface area contributed by atoms with Crippen LogP contribution in [0.5, 0.6) is 0 Å². The summed E-state index contributed by atoms with van der Waals surface area (Å²) in [5, 5.41) is 10.7. The summed E-state index contributed by atoms with van der Waals surface area (Å²) in [6, 6.07) is 5.30. The van der Waals surface area contributed by atoms with Gasteiger partial charge in [0.1, 0.15) is 5.82 Å². The number of nitrogens with one attached hydrogen (secondary N) is 1. The molecule has 8 nitrogen and oxygen atoms in total. The molecule has 0 radical (unpaired) electrons. The summed E-state index contributed by atoms with van der Waals surface area (Å²) in [6.07, 6.45) is 2.99. The van der Waals surface area contributed by atoms with Gasteiger partial charge in [0, 0.05) is 24.5 Å². The fraction of sp³-hybridized carbons (Fsp3) is 0.167. The summed E-state index contributed by atoms with van der Waals surface area (Å²) in [5.74, 6) is 0.309. The van der Waals surface area contributed by atoms with Crippen LogP contribution in [-0.2, 0) is 16.6 Å². The van der Waals surface area contributed by atoms with Crippen molar-refractivity contribution in [2.24, 2.45) is 0 Å². The van der Waals surface area contributed by atoms with Crippen molar-refractivity contribution in [1.29, 1.82) is 0 Å². The van der Waals surface area contributed by atoms with Crippen molar-refractivity contribution in [2.75, 3.05) is 0 Å². The van der Waals surface area contributed by atoms with E-state index >= 15 is 0 Å². The van der Waals surface area contributed by atoms with E-state index in [9.17, 15) is 18.5 Å². The van der Waals surface area contributed by atoms with Crippen LogP contribution < -0.4 is 4.72 Å². The third-order valence-electron chi connectivity index (χ3n) is 2.71. The number of sulfonamides is 1. The topological polar surface area (TPSA) is 115 Å². The van der Waals surface area contributed by atoms with Crippen LogP contribution in [0.1, 0.15) is 11.4 Å². The number of rotatable bonds is 5. The molecule has 0 aliphatic heterocycles. The number of nitrogens with zero attached hydrogens (tertiary/aromatic N) is 3. The molecule has 2 aromatic rings. The van der Waals surface area contributed by atoms with E-state index in [1.54, 1.807) is 13.0 Å². The molecule has 0 spiro atoms. The van der Waals surface area contributed by atoms with Crippen LogP contribution in [0.2, 0.25) is 0 Å². The van der Waals surface area contributed by atoms with Crippen LogP contribution in [0, 0.1) is 17.0 Å². The van der Waals surface area contributed by atoms with E-state index in [2.05, 4.69) is 14.7 Å². The first-order chi connectivity index (χ1) is 9.90. The average molecular weight is 308 g/mol. The number of non-ortho nitro benzene ring substituents is 1. The molecule has 1 N–H and O–H groups in total. The predicted octanol–water partition coefficient (Wildman–Crippen LogP) is 1.17. The Morgan fingerprint density at radius 3 is 2.57 bits per heavy atom. The van der Waals surface area contributed by atoms with Crippen molar-refractivity contribution >= 4 is 15.7 Å². The van der Waals surface area contributed by atoms with Crippen molar-refractivity contribution in [3.63, 3.8) is 0 Å². The van der Waals surface area contributed by atoms with Gasteiger partial charge in [0.05, 0.1) is 16.4 Å². The molecule has 1 aromatic carbocycles. The predicted molar refractivity (Wildman–Crippen MR) is 73.9 cm³/mol. The van der Waals surface area contributed by atoms with Gasteiger partial charge in [0.15, 0.2) is 0 Å². The minimum Gasteiger partial charge on any atom is -0.258 e. The zero-order valence-corrected chi connectivity index (χ0v) is 11.9. The Balaban J connectivity index is 2.27. The minimum atomic E-state index is -3.88. The Morgan fingerprint density at radius 2 is 1.95 bits per heavy atom. The first kappa shape index (κ1) is 15.0. The fourth-order valence-electron chi connectivity index (χ4n) is 1.65. The van der Waals surface area contributed by atoms with Crippen LogP contribution in [-0.4, -0.2) is 23.3 Å². The maximum atomic E-state index is 12.2. The second-order valence-electron chi connectivity index (χ2n) is 4.20. The van der Waals surface area contributed by atoms with E-state index in [0.717, 1.165) is 6.07 Å². The summed E-state index contributed by atoms with van der Waals surface area (Å²) in [5.41, 5.74) is 0.138. The molecule has 110 valence electrons. The number of benzene rings is 1. The fourth-order valence-corrected chi connectivity index (χ4v) is 2.89.